The monoisotopic (exact) mass is 215 g/mol. The van der Waals surface area contributed by atoms with Crippen molar-refractivity contribution in [1.82, 2.24) is 4.57 Å². The molecule has 0 aliphatic heterocycles. The molecule has 0 unspecified atom stereocenters. The van der Waals surface area contributed by atoms with Crippen LogP contribution in [0.3, 0.4) is 0 Å². The third-order valence-electron chi connectivity index (χ3n) is 2.63. The zero-order valence-electron chi connectivity index (χ0n) is 8.85. The highest BCUT2D eigenvalue weighted by Crippen LogP contribution is 2.23. The molecule has 0 fully saturated rings. The number of ether oxygens (including phenoxy) is 1. The summed E-state index contributed by atoms with van der Waals surface area (Å²) in [6, 6.07) is 0. The van der Waals surface area contributed by atoms with Gasteiger partial charge < -0.3 is 9.30 Å². The number of rotatable bonds is 2. The number of esters is 1. The van der Waals surface area contributed by atoms with Crippen molar-refractivity contribution >= 4 is 17.6 Å². The van der Waals surface area contributed by atoms with E-state index in [1.54, 1.807) is 0 Å². The lowest BCUT2D eigenvalue weighted by Crippen LogP contribution is -2.05. The van der Waals surface area contributed by atoms with E-state index in [0.717, 1.165) is 17.0 Å². The van der Waals surface area contributed by atoms with Gasteiger partial charge in [-0.05, 0) is 13.8 Å². The topological polar surface area (TPSA) is 31.2 Å². The Morgan fingerprint density at radius 1 is 1.43 bits per heavy atom. The number of methoxy groups -OCH3 is 1. The number of carbonyl (C=O) groups excluding carboxylic acids is 1. The minimum atomic E-state index is -0.318. The SMILES string of the molecule is COC(=O)c1c(CCl)c(C)n(C)c1C. The second-order valence-corrected chi connectivity index (χ2v) is 3.48. The van der Waals surface area contributed by atoms with Crippen LogP contribution in [-0.4, -0.2) is 17.6 Å². The van der Waals surface area contributed by atoms with Crippen molar-refractivity contribution in [3.05, 3.63) is 22.5 Å². The molecule has 1 rings (SSSR count). The molecule has 0 saturated heterocycles. The Morgan fingerprint density at radius 2 is 2.00 bits per heavy atom. The highest BCUT2D eigenvalue weighted by atomic mass is 35.5. The molecule has 14 heavy (non-hydrogen) atoms. The number of hydrogen-bond acceptors (Lipinski definition) is 2. The van der Waals surface area contributed by atoms with Crippen molar-refractivity contribution < 1.29 is 9.53 Å². The lowest BCUT2D eigenvalue weighted by Gasteiger charge is -2.00. The van der Waals surface area contributed by atoms with Gasteiger partial charge in [0.2, 0.25) is 0 Å². The molecule has 0 radical (unpaired) electrons. The second kappa shape index (κ2) is 4.05. The third-order valence-corrected chi connectivity index (χ3v) is 2.90. The van der Waals surface area contributed by atoms with E-state index in [2.05, 4.69) is 0 Å². The number of hydrogen-bond donors (Lipinski definition) is 0. The summed E-state index contributed by atoms with van der Waals surface area (Å²) in [4.78, 5) is 11.5. The minimum absolute atomic E-state index is 0.318. The van der Waals surface area contributed by atoms with E-state index in [0.29, 0.717) is 11.4 Å². The molecule has 3 nitrogen and oxygen atoms in total. The molecule has 4 heteroatoms. The Labute approximate surface area is 88.6 Å². The number of alkyl halides is 1. The maximum Gasteiger partial charge on any atom is 0.340 e. The largest absolute Gasteiger partial charge is 0.465 e. The van der Waals surface area contributed by atoms with E-state index in [1.807, 2.05) is 25.5 Å². The first-order valence-corrected chi connectivity index (χ1v) is 4.87. The van der Waals surface area contributed by atoms with Gasteiger partial charge in [-0.25, -0.2) is 4.79 Å². The fourth-order valence-electron chi connectivity index (χ4n) is 1.56. The summed E-state index contributed by atoms with van der Waals surface area (Å²) in [7, 11) is 3.29. The summed E-state index contributed by atoms with van der Waals surface area (Å²) in [5, 5.41) is 0. The maximum absolute atomic E-state index is 11.5. The van der Waals surface area contributed by atoms with Gasteiger partial charge in [-0.2, -0.15) is 0 Å². The van der Waals surface area contributed by atoms with Crippen LogP contribution in [0.5, 0.6) is 0 Å². The molecule has 1 aromatic rings. The van der Waals surface area contributed by atoms with Crippen LogP contribution in [0, 0.1) is 13.8 Å². The standard InChI is InChI=1S/C10H14ClNO2/c1-6-8(5-11)9(10(13)14-4)7(2)12(6)3/h5H2,1-4H3. The number of aromatic nitrogens is 1. The molecule has 0 amide bonds. The fourth-order valence-corrected chi connectivity index (χ4v) is 1.88. The second-order valence-electron chi connectivity index (χ2n) is 3.21. The van der Waals surface area contributed by atoms with Crippen molar-refractivity contribution in [3.8, 4) is 0 Å². The first-order chi connectivity index (χ1) is 6.54. The van der Waals surface area contributed by atoms with Crippen molar-refractivity contribution in [2.45, 2.75) is 19.7 Å². The average Bonchev–Trinajstić information content (AvgIpc) is 2.41. The minimum Gasteiger partial charge on any atom is -0.465 e. The van der Waals surface area contributed by atoms with Crippen LogP contribution in [-0.2, 0) is 17.7 Å². The Kier molecular flexibility index (Phi) is 3.21. The molecule has 0 bridgehead atoms. The van der Waals surface area contributed by atoms with Gasteiger partial charge in [0.1, 0.15) is 0 Å². The average molecular weight is 216 g/mol. The molecule has 1 aromatic heterocycles. The maximum atomic E-state index is 11.5. The van der Waals surface area contributed by atoms with E-state index >= 15 is 0 Å². The smallest absolute Gasteiger partial charge is 0.340 e. The normalized spacial score (nSPS) is 10.4. The first kappa shape index (κ1) is 11.1. The summed E-state index contributed by atoms with van der Waals surface area (Å²) in [5.41, 5.74) is 3.36. The lowest BCUT2D eigenvalue weighted by molar-refractivity contribution is 0.0599. The third kappa shape index (κ3) is 1.52. The van der Waals surface area contributed by atoms with Gasteiger partial charge in [-0.3, -0.25) is 0 Å². The first-order valence-electron chi connectivity index (χ1n) is 4.33. The Morgan fingerprint density at radius 3 is 2.43 bits per heavy atom. The van der Waals surface area contributed by atoms with Crippen LogP contribution in [0.15, 0.2) is 0 Å². The molecular formula is C10H14ClNO2. The molecule has 0 aliphatic carbocycles. The number of nitrogens with zero attached hydrogens (tertiary/aromatic N) is 1. The summed E-state index contributed by atoms with van der Waals surface area (Å²) in [6.07, 6.45) is 0. The molecule has 0 atom stereocenters. The highest BCUT2D eigenvalue weighted by Gasteiger charge is 2.21. The van der Waals surface area contributed by atoms with Gasteiger partial charge in [0.05, 0.1) is 18.6 Å². The van der Waals surface area contributed by atoms with Gasteiger partial charge >= 0.3 is 5.97 Å². The van der Waals surface area contributed by atoms with Crippen molar-refractivity contribution in [3.63, 3.8) is 0 Å². The van der Waals surface area contributed by atoms with Gasteiger partial charge in [-0.15, -0.1) is 11.6 Å². The van der Waals surface area contributed by atoms with Crippen LogP contribution in [0.25, 0.3) is 0 Å². The Bertz CT molecular complexity index is 369. The van der Waals surface area contributed by atoms with E-state index in [9.17, 15) is 4.79 Å². The van der Waals surface area contributed by atoms with Gasteiger partial charge in [0.25, 0.3) is 0 Å². The number of halogens is 1. The van der Waals surface area contributed by atoms with Crippen LogP contribution in [0.2, 0.25) is 0 Å². The van der Waals surface area contributed by atoms with Crippen LogP contribution in [0.4, 0.5) is 0 Å². The van der Waals surface area contributed by atoms with Gasteiger partial charge in [-0.1, -0.05) is 0 Å². The molecule has 1 heterocycles. The van der Waals surface area contributed by atoms with Crippen LogP contribution < -0.4 is 0 Å². The predicted octanol–water partition coefficient (Wildman–Crippen LogP) is 2.17. The summed E-state index contributed by atoms with van der Waals surface area (Å²) < 4.78 is 6.67. The van der Waals surface area contributed by atoms with Crippen molar-refractivity contribution in [1.29, 1.82) is 0 Å². The quantitative estimate of drug-likeness (QED) is 0.559. The van der Waals surface area contributed by atoms with E-state index in [-0.39, 0.29) is 5.97 Å². The summed E-state index contributed by atoms with van der Waals surface area (Å²) in [5.74, 6) is 0.0136. The molecule has 0 aliphatic rings. The van der Waals surface area contributed by atoms with Crippen molar-refractivity contribution in [2.24, 2.45) is 7.05 Å². The predicted molar refractivity (Wildman–Crippen MR) is 55.8 cm³/mol. The highest BCUT2D eigenvalue weighted by molar-refractivity contribution is 6.17. The molecule has 0 N–H and O–H groups in total. The molecular weight excluding hydrogens is 202 g/mol. The van der Waals surface area contributed by atoms with E-state index in [1.165, 1.54) is 7.11 Å². The lowest BCUT2D eigenvalue weighted by atomic mass is 10.1. The van der Waals surface area contributed by atoms with Crippen molar-refractivity contribution in [2.75, 3.05) is 7.11 Å². The van der Waals surface area contributed by atoms with Gasteiger partial charge in [0, 0.05) is 24.0 Å². The number of carbonyl (C=O) groups is 1. The molecule has 0 saturated carbocycles. The zero-order chi connectivity index (χ0) is 10.9. The molecule has 78 valence electrons. The zero-order valence-corrected chi connectivity index (χ0v) is 9.60. The van der Waals surface area contributed by atoms with Gasteiger partial charge in [0.15, 0.2) is 0 Å². The molecule has 0 spiro atoms. The van der Waals surface area contributed by atoms with Crippen LogP contribution >= 0.6 is 11.6 Å². The summed E-state index contributed by atoms with van der Waals surface area (Å²) >= 11 is 5.80. The van der Waals surface area contributed by atoms with E-state index < -0.39 is 0 Å². The Balaban J connectivity index is 3.40. The molecule has 0 aromatic carbocycles. The Hall–Kier alpha value is -0.960. The summed E-state index contributed by atoms with van der Waals surface area (Å²) in [6.45, 7) is 3.83. The van der Waals surface area contributed by atoms with E-state index in [4.69, 9.17) is 16.3 Å². The fraction of sp³-hybridized carbons (Fsp3) is 0.500. The van der Waals surface area contributed by atoms with Crippen LogP contribution in [0.1, 0.15) is 27.3 Å².